The van der Waals surface area contributed by atoms with E-state index in [0.29, 0.717) is 30.0 Å². The lowest BCUT2D eigenvalue weighted by atomic mass is 10.1. The van der Waals surface area contributed by atoms with E-state index >= 15 is 0 Å². The van der Waals surface area contributed by atoms with Gasteiger partial charge in [0.2, 0.25) is 0 Å². The number of rotatable bonds is 7. The first kappa shape index (κ1) is 18.5. The Morgan fingerprint density at radius 3 is 2.74 bits per heavy atom. The SMILES string of the molecule is COc1ccc2cc(CCNC(=O)COc3ccccc3C)c(=O)[nH]c2c1. The van der Waals surface area contributed by atoms with Crippen LogP contribution in [-0.4, -0.2) is 31.2 Å². The van der Waals surface area contributed by atoms with E-state index in [0.717, 1.165) is 16.5 Å². The summed E-state index contributed by atoms with van der Waals surface area (Å²) in [4.78, 5) is 27.0. The standard InChI is InChI=1S/C21H22N2O4/c1-14-5-3-4-6-19(14)27-13-20(24)22-10-9-16-11-15-7-8-17(26-2)12-18(15)23-21(16)25/h3-8,11-12H,9-10,13H2,1-2H3,(H,22,24)(H,23,25). The smallest absolute Gasteiger partial charge is 0.257 e. The number of methoxy groups -OCH3 is 1. The second-order valence-electron chi connectivity index (χ2n) is 6.23. The number of H-pyrrole nitrogens is 1. The average molecular weight is 366 g/mol. The van der Waals surface area contributed by atoms with Crippen LogP contribution in [0.1, 0.15) is 11.1 Å². The van der Waals surface area contributed by atoms with Crippen molar-refractivity contribution in [2.75, 3.05) is 20.3 Å². The highest BCUT2D eigenvalue weighted by molar-refractivity contribution is 5.80. The molecule has 0 atom stereocenters. The van der Waals surface area contributed by atoms with E-state index < -0.39 is 0 Å². The Hall–Kier alpha value is -3.28. The number of aromatic nitrogens is 1. The van der Waals surface area contributed by atoms with Gasteiger partial charge in [0, 0.05) is 18.2 Å². The Balaban J connectivity index is 1.55. The minimum absolute atomic E-state index is 0.0568. The Bertz CT molecular complexity index is 1010. The van der Waals surface area contributed by atoms with Crippen molar-refractivity contribution in [1.29, 1.82) is 0 Å². The summed E-state index contributed by atoms with van der Waals surface area (Å²) in [7, 11) is 1.58. The van der Waals surface area contributed by atoms with Crippen LogP contribution in [0.5, 0.6) is 11.5 Å². The molecule has 1 aromatic heterocycles. The molecule has 3 aromatic rings. The molecule has 0 saturated carbocycles. The monoisotopic (exact) mass is 366 g/mol. The highest BCUT2D eigenvalue weighted by atomic mass is 16.5. The molecular formula is C21H22N2O4. The van der Waals surface area contributed by atoms with E-state index in [-0.39, 0.29) is 18.1 Å². The van der Waals surface area contributed by atoms with Crippen LogP contribution in [0.25, 0.3) is 10.9 Å². The zero-order valence-corrected chi connectivity index (χ0v) is 15.4. The second kappa shape index (κ2) is 8.40. The Morgan fingerprint density at radius 1 is 1.15 bits per heavy atom. The number of hydrogen-bond donors (Lipinski definition) is 2. The topological polar surface area (TPSA) is 80.4 Å². The van der Waals surface area contributed by atoms with Crippen LogP contribution in [0.2, 0.25) is 0 Å². The summed E-state index contributed by atoms with van der Waals surface area (Å²) in [5.74, 6) is 1.15. The number of ether oxygens (including phenoxy) is 2. The van der Waals surface area contributed by atoms with Gasteiger partial charge in [-0.2, -0.15) is 0 Å². The summed E-state index contributed by atoms with van der Waals surface area (Å²) < 4.78 is 10.7. The van der Waals surface area contributed by atoms with Crippen molar-refractivity contribution in [3.05, 3.63) is 70.0 Å². The Labute approximate surface area is 157 Å². The van der Waals surface area contributed by atoms with E-state index in [2.05, 4.69) is 10.3 Å². The molecule has 0 bridgehead atoms. The van der Waals surface area contributed by atoms with Gasteiger partial charge in [-0.3, -0.25) is 9.59 Å². The molecule has 2 N–H and O–H groups in total. The van der Waals surface area contributed by atoms with Crippen LogP contribution >= 0.6 is 0 Å². The van der Waals surface area contributed by atoms with E-state index in [1.165, 1.54) is 0 Å². The third-order valence-electron chi connectivity index (χ3n) is 4.30. The van der Waals surface area contributed by atoms with Crippen LogP contribution in [-0.2, 0) is 11.2 Å². The van der Waals surface area contributed by atoms with Gasteiger partial charge in [0.05, 0.1) is 12.6 Å². The second-order valence-corrected chi connectivity index (χ2v) is 6.23. The van der Waals surface area contributed by atoms with Crippen molar-refractivity contribution in [3.63, 3.8) is 0 Å². The Kier molecular flexibility index (Phi) is 5.76. The third-order valence-corrected chi connectivity index (χ3v) is 4.30. The first-order valence-electron chi connectivity index (χ1n) is 8.72. The molecule has 3 rings (SSSR count). The lowest BCUT2D eigenvalue weighted by Crippen LogP contribution is -2.31. The van der Waals surface area contributed by atoms with Crippen molar-refractivity contribution < 1.29 is 14.3 Å². The number of fused-ring (bicyclic) bond motifs is 1. The summed E-state index contributed by atoms with van der Waals surface area (Å²) >= 11 is 0. The number of para-hydroxylation sites is 1. The van der Waals surface area contributed by atoms with Crippen LogP contribution in [0.3, 0.4) is 0 Å². The number of aryl methyl sites for hydroxylation is 1. The van der Waals surface area contributed by atoms with Crippen molar-refractivity contribution in [3.8, 4) is 11.5 Å². The average Bonchev–Trinajstić information content (AvgIpc) is 2.67. The number of benzene rings is 2. The van der Waals surface area contributed by atoms with Gasteiger partial charge in [-0.15, -0.1) is 0 Å². The first-order valence-corrected chi connectivity index (χ1v) is 8.72. The van der Waals surface area contributed by atoms with Gasteiger partial charge in [0.25, 0.3) is 11.5 Å². The largest absolute Gasteiger partial charge is 0.497 e. The number of carbonyl (C=O) groups is 1. The molecule has 0 unspecified atom stereocenters. The molecule has 27 heavy (non-hydrogen) atoms. The van der Waals surface area contributed by atoms with Gasteiger partial charge >= 0.3 is 0 Å². The normalized spacial score (nSPS) is 10.6. The molecule has 140 valence electrons. The van der Waals surface area contributed by atoms with E-state index in [9.17, 15) is 9.59 Å². The molecule has 0 fully saturated rings. The molecule has 6 nitrogen and oxygen atoms in total. The highest BCUT2D eigenvalue weighted by Crippen LogP contribution is 2.18. The fraction of sp³-hybridized carbons (Fsp3) is 0.238. The van der Waals surface area contributed by atoms with E-state index in [4.69, 9.17) is 9.47 Å². The maximum atomic E-state index is 12.2. The molecule has 0 aliphatic carbocycles. The zero-order chi connectivity index (χ0) is 19.2. The van der Waals surface area contributed by atoms with Crippen LogP contribution in [0.4, 0.5) is 0 Å². The van der Waals surface area contributed by atoms with Crippen molar-refractivity contribution in [2.45, 2.75) is 13.3 Å². The molecular weight excluding hydrogens is 344 g/mol. The summed E-state index contributed by atoms with van der Waals surface area (Å²) in [6.45, 7) is 2.23. The predicted molar refractivity (Wildman–Crippen MR) is 105 cm³/mol. The number of pyridine rings is 1. The first-order chi connectivity index (χ1) is 13.1. The minimum Gasteiger partial charge on any atom is -0.497 e. The molecule has 0 radical (unpaired) electrons. The molecule has 1 amide bonds. The van der Waals surface area contributed by atoms with Crippen LogP contribution in [0.15, 0.2) is 53.3 Å². The number of amides is 1. The van der Waals surface area contributed by atoms with Crippen molar-refractivity contribution >= 4 is 16.8 Å². The van der Waals surface area contributed by atoms with Gasteiger partial charge in [-0.05, 0) is 48.6 Å². The van der Waals surface area contributed by atoms with Gasteiger partial charge in [0.15, 0.2) is 6.61 Å². The summed E-state index contributed by atoms with van der Waals surface area (Å²) in [5, 5.41) is 3.69. The van der Waals surface area contributed by atoms with Gasteiger partial charge < -0.3 is 19.8 Å². The van der Waals surface area contributed by atoms with Gasteiger partial charge in [-0.1, -0.05) is 18.2 Å². The van der Waals surface area contributed by atoms with E-state index in [1.54, 1.807) is 13.2 Å². The minimum atomic E-state index is -0.222. The lowest BCUT2D eigenvalue weighted by Gasteiger charge is -2.09. The summed E-state index contributed by atoms with van der Waals surface area (Å²) in [5.41, 5.74) is 2.15. The van der Waals surface area contributed by atoms with Crippen LogP contribution in [0, 0.1) is 6.92 Å². The molecule has 6 heteroatoms. The Morgan fingerprint density at radius 2 is 1.96 bits per heavy atom. The summed E-state index contributed by atoms with van der Waals surface area (Å²) in [6.07, 6.45) is 0.438. The fourth-order valence-electron chi connectivity index (χ4n) is 2.79. The highest BCUT2D eigenvalue weighted by Gasteiger charge is 2.07. The molecule has 2 aromatic carbocycles. The maximum absolute atomic E-state index is 12.2. The van der Waals surface area contributed by atoms with Gasteiger partial charge in [0.1, 0.15) is 11.5 Å². The molecule has 1 heterocycles. The number of aromatic amines is 1. The maximum Gasteiger partial charge on any atom is 0.257 e. The predicted octanol–water partition coefficient (Wildman–Crippen LogP) is 2.58. The number of carbonyl (C=O) groups excluding carboxylic acids is 1. The quantitative estimate of drug-likeness (QED) is 0.673. The number of hydrogen-bond acceptors (Lipinski definition) is 4. The molecule has 0 aliphatic rings. The van der Waals surface area contributed by atoms with Gasteiger partial charge in [-0.25, -0.2) is 0 Å². The summed E-state index contributed by atoms with van der Waals surface area (Å²) in [6, 6.07) is 14.9. The third kappa shape index (κ3) is 4.67. The molecule has 0 saturated heterocycles. The number of nitrogens with one attached hydrogen (secondary N) is 2. The van der Waals surface area contributed by atoms with Crippen molar-refractivity contribution in [2.24, 2.45) is 0 Å². The van der Waals surface area contributed by atoms with Crippen LogP contribution < -0.4 is 20.3 Å². The van der Waals surface area contributed by atoms with Crippen molar-refractivity contribution in [1.82, 2.24) is 10.3 Å². The zero-order valence-electron chi connectivity index (χ0n) is 15.4. The van der Waals surface area contributed by atoms with E-state index in [1.807, 2.05) is 49.4 Å². The molecule has 0 aliphatic heterocycles. The lowest BCUT2D eigenvalue weighted by molar-refractivity contribution is -0.123. The fourth-order valence-corrected chi connectivity index (χ4v) is 2.79. The molecule has 0 spiro atoms.